The molecule has 1 N–H and O–H groups in total. The van der Waals surface area contributed by atoms with E-state index >= 15 is 0 Å². The predicted molar refractivity (Wildman–Crippen MR) is 127 cm³/mol. The number of benzene rings is 3. The van der Waals surface area contributed by atoms with Crippen LogP contribution in [0.2, 0.25) is 0 Å². The molecule has 0 heterocycles. The lowest BCUT2D eigenvalue weighted by atomic mass is 10.1. The Labute approximate surface area is 198 Å². The van der Waals surface area contributed by atoms with Crippen molar-refractivity contribution in [1.82, 2.24) is 0 Å². The minimum absolute atomic E-state index is 0.00924. The summed E-state index contributed by atoms with van der Waals surface area (Å²) in [5.74, 6) is -0.764. The third-order valence-corrected chi connectivity index (χ3v) is 10.4. The van der Waals surface area contributed by atoms with Gasteiger partial charge in [0.25, 0.3) is 0 Å². The first-order chi connectivity index (χ1) is 16.1. The van der Waals surface area contributed by atoms with Gasteiger partial charge in [-0.25, -0.2) is 21.2 Å². The molecule has 0 spiro atoms. The summed E-state index contributed by atoms with van der Waals surface area (Å²) in [6, 6.07) is 17.7. The van der Waals surface area contributed by atoms with Gasteiger partial charge in [0, 0.05) is 5.69 Å². The minimum Gasteiger partial charge on any atom is -0.326 e. The third kappa shape index (κ3) is 4.63. The summed E-state index contributed by atoms with van der Waals surface area (Å²) in [5.41, 5.74) is 1.82. The van der Waals surface area contributed by atoms with Gasteiger partial charge in [0.15, 0.2) is 19.7 Å². The Balaban J connectivity index is 1.44. The number of carbonyl (C=O) groups excluding carboxylic acids is 1. The largest absolute Gasteiger partial charge is 0.326 e. The zero-order chi connectivity index (χ0) is 24.6. The number of halogens is 1. The number of rotatable bonds is 8. The highest BCUT2D eigenvalue weighted by Gasteiger charge is 2.56. The quantitative estimate of drug-likeness (QED) is 0.465. The van der Waals surface area contributed by atoms with Crippen LogP contribution in [0.15, 0.2) is 82.6 Å². The summed E-state index contributed by atoms with van der Waals surface area (Å²) >= 11 is 0. The molecular formula is C25H24FNO5S2. The molecule has 0 atom stereocenters. The number of carbonyl (C=O) groups is 1. The monoisotopic (exact) mass is 501 g/mol. The number of hydrogen-bond acceptors (Lipinski definition) is 5. The van der Waals surface area contributed by atoms with Gasteiger partial charge < -0.3 is 5.32 Å². The van der Waals surface area contributed by atoms with E-state index in [-0.39, 0.29) is 27.9 Å². The van der Waals surface area contributed by atoms with Crippen LogP contribution in [0.25, 0.3) is 0 Å². The van der Waals surface area contributed by atoms with Crippen molar-refractivity contribution >= 4 is 31.3 Å². The van der Waals surface area contributed by atoms with Crippen LogP contribution in [-0.2, 0) is 35.6 Å². The molecule has 1 fully saturated rings. The molecule has 0 saturated heterocycles. The van der Waals surface area contributed by atoms with Crippen LogP contribution in [0, 0.1) is 5.82 Å². The van der Waals surface area contributed by atoms with Gasteiger partial charge in [0.1, 0.15) is 10.6 Å². The fourth-order valence-electron chi connectivity index (χ4n) is 3.89. The van der Waals surface area contributed by atoms with Crippen molar-refractivity contribution in [3.05, 3.63) is 89.7 Å². The van der Waals surface area contributed by atoms with Gasteiger partial charge in [-0.05, 0) is 72.5 Å². The fraction of sp³-hybridized carbons (Fsp3) is 0.240. The molecular weight excluding hydrogens is 477 g/mol. The normalized spacial score (nSPS) is 15.0. The molecule has 3 aromatic rings. The maximum atomic E-state index is 13.2. The molecule has 178 valence electrons. The second kappa shape index (κ2) is 8.96. The van der Waals surface area contributed by atoms with Gasteiger partial charge in [-0.1, -0.05) is 31.2 Å². The summed E-state index contributed by atoms with van der Waals surface area (Å²) in [6.07, 6.45) is 1.02. The first-order valence-corrected chi connectivity index (χ1v) is 13.9. The Kier molecular flexibility index (Phi) is 6.35. The minimum atomic E-state index is -3.69. The molecule has 34 heavy (non-hydrogen) atoms. The van der Waals surface area contributed by atoms with E-state index in [2.05, 4.69) is 5.32 Å². The Hall–Kier alpha value is -3.04. The molecule has 0 aromatic heterocycles. The number of nitrogens with one attached hydrogen (secondary N) is 1. The van der Waals surface area contributed by atoms with Gasteiger partial charge in [0.05, 0.1) is 22.0 Å². The molecule has 1 aliphatic rings. The summed E-state index contributed by atoms with van der Waals surface area (Å²) in [5, 5.41) is 2.77. The van der Waals surface area contributed by atoms with Gasteiger partial charge in [0.2, 0.25) is 5.91 Å². The molecule has 1 aliphatic carbocycles. The van der Waals surface area contributed by atoms with E-state index in [1.54, 1.807) is 43.3 Å². The highest BCUT2D eigenvalue weighted by molar-refractivity contribution is 7.92. The maximum Gasteiger partial charge on any atom is 0.228 e. The lowest BCUT2D eigenvalue weighted by molar-refractivity contribution is -0.115. The van der Waals surface area contributed by atoms with E-state index in [1.807, 2.05) is 0 Å². The molecule has 9 heteroatoms. The van der Waals surface area contributed by atoms with Crippen LogP contribution in [0.5, 0.6) is 0 Å². The molecule has 0 radical (unpaired) electrons. The summed E-state index contributed by atoms with van der Waals surface area (Å²) in [7, 11) is -6.98. The van der Waals surface area contributed by atoms with Crippen molar-refractivity contribution in [2.75, 3.05) is 11.1 Å². The SMILES string of the molecule is CCS(=O)(=O)c1ccc(CC(=O)Nc2ccc(C3(S(=O)(=O)c4ccc(F)cc4)CC3)cc2)cc1. The summed E-state index contributed by atoms with van der Waals surface area (Å²) in [4.78, 5) is 12.7. The zero-order valence-electron chi connectivity index (χ0n) is 18.5. The first kappa shape index (κ1) is 24.1. The molecule has 4 rings (SSSR count). The number of anilines is 1. The average molecular weight is 502 g/mol. The predicted octanol–water partition coefficient (Wildman–Crippen LogP) is 4.26. The van der Waals surface area contributed by atoms with Crippen LogP contribution in [0.3, 0.4) is 0 Å². The molecule has 3 aromatic carbocycles. The van der Waals surface area contributed by atoms with Crippen molar-refractivity contribution in [2.45, 2.75) is 40.7 Å². The van der Waals surface area contributed by atoms with E-state index in [0.717, 1.165) is 12.1 Å². The van der Waals surface area contributed by atoms with Crippen LogP contribution >= 0.6 is 0 Å². The fourth-order valence-corrected chi connectivity index (χ4v) is 6.81. The smallest absolute Gasteiger partial charge is 0.228 e. The summed E-state index contributed by atoms with van der Waals surface area (Å²) in [6.45, 7) is 1.57. The molecule has 6 nitrogen and oxygen atoms in total. The lowest BCUT2D eigenvalue weighted by Crippen LogP contribution is -2.21. The maximum absolute atomic E-state index is 13.2. The third-order valence-electron chi connectivity index (χ3n) is 6.06. The second-order valence-corrected chi connectivity index (χ2v) is 12.8. The second-order valence-electron chi connectivity index (χ2n) is 8.30. The molecule has 1 saturated carbocycles. The Bertz CT molecular complexity index is 1410. The highest BCUT2D eigenvalue weighted by atomic mass is 32.2. The number of amides is 1. The lowest BCUT2D eigenvalue weighted by Gasteiger charge is -2.17. The Morgan fingerprint density at radius 2 is 1.41 bits per heavy atom. The van der Waals surface area contributed by atoms with E-state index in [1.165, 1.54) is 24.3 Å². The van der Waals surface area contributed by atoms with Gasteiger partial charge >= 0.3 is 0 Å². The first-order valence-electron chi connectivity index (χ1n) is 10.8. The van der Waals surface area contributed by atoms with Crippen molar-refractivity contribution in [3.8, 4) is 0 Å². The Morgan fingerprint density at radius 1 is 0.853 bits per heavy atom. The van der Waals surface area contributed by atoms with Crippen molar-refractivity contribution in [1.29, 1.82) is 0 Å². The number of hydrogen-bond donors (Lipinski definition) is 1. The van der Waals surface area contributed by atoms with E-state index in [0.29, 0.717) is 29.7 Å². The molecule has 0 aliphatic heterocycles. The van der Waals surface area contributed by atoms with Crippen LogP contribution in [0.4, 0.5) is 10.1 Å². The van der Waals surface area contributed by atoms with Gasteiger partial charge in [-0.3, -0.25) is 4.79 Å². The van der Waals surface area contributed by atoms with E-state index in [4.69, 9.17) is 0 Å². The van der Waals surface area contributed by atoms with Crippen molar-refractivity contribution in [2.24, 2.45) is 0 Å². The molecule has 0 bridgehead atoms. The Morgan fingerprint density at radius 3 is 1.94 bits per heavy atom. The average Bonchev–Trinajstić information content (AvgIpc) is 3.63. The molecule has 1 amide bonds. The van der Waals surface area contributed by atoms with Crippen LogP contribution < -0.4 is 5.32 Å². The van der Waals surface area contributed by atoms with Crippen molar-refractivity contribution in [3.63, 3.8) is 0 Å². The van der Waals surface area contributed by atoms with Crippen LogP contribution in [0.1, 0.15) is 30.9 Å². The van der Waals surface area contributed by atoms with Crippen molar-refractivity contribution < 1.29 is 26.0 Å². The highest BCUT2D eigenvalue weighted by Crippen LogP contribution is 2.55. The number of sulfone groups is 2. The zero-order valence-corrected chi connectivity index (χ0v) is 20.1. The van der Waals surface area contributed by atoms with Gasteiger partial charge in [-0.15, -0.1) is 0 Å². The van der Waals surface area contributed by atoms with Crippen LogP contribution in [-0.4, -0.2) is 28.5 Å². The standard InChI is InChI=1S/C25H24FNO5S2/c1-2-33(29,30)22-11-3-18(4-12-22)17-24(28)27-21-9-5-19(6-10-21)25(15-16-25)34(31,32)23-13-7-20(26)8-14-23/h3-14H,2,15-17H2,1H3,(H,27,28). The topological polar surface area (TPSA) is 97.4 Å². The summed E-state index contributed by atoms with van der Waals surface area (Å²) < 4.78 is 62.3. The van der Waals surface area contributed by atoms with E-state index in [9.17, 15) is 26.0 Å². The van der Waals surface area contributed by atoms with Gasteiger partial charge in [-0.2, -0.15) is 0 Å². The van der Waals surface area contributed by atoms with E-state index < -0.39 is 30.2 Å². The molecule has 0 unspecified atom stereocenters.